The molecule has 134 valence electrons. The Labute approximate surface area is 149 Å². The molecule has 6 heteroatoms. The molecule has 2 aromatic rings. The summed E-state index contributed by atoms with van der Waals surface area (Å²) in [6.07, 6.45) is 1.71. The minimum Gasteiger partial charge on any atom is -0.348 e. The van der Waals surface area contributed by atoms with Gasteiger partial charge in [0.2, 0.25) is 10.0 Å². The molecule has 0 aliphatic heterocycles. The van der Waals surface area contributed by atoms with Crippen molar-refractivity contribution in [1.82, 2.24) is 10.0 Å². The summed E-state index contributed by atoms with van der Waals surface area (Å²) in [6.45, 7) is 4.85. The zero-order valence-corrected chi connectivity index (χ0v) is 15.4. The zero-order chi connectivity index (χ0) is 18.3. The first kappa shape index (κ1) is 19.1. The van der Waals surface area contributed by atoms with Crippen molar-refractivity contribution in [2.75, 3.05) is 6.54 Å². The topological polar surface area (TPSA) is 75.3 Å². The van der Waals surface area contributed by atoms with Gasteiger partial charge in [-0.25, -0.2) is 13.1 Å². The highest BCUT2D eigenvalue weighted by Gasteiger charge is 2.14. The minimum atomic E-state index is -3.52. The summed E-state index contributed by atoms with van der Waals surface area (Å²) in [5, 5.41) is 2.83. The van der Waals surface area contributed by atoms with Crippen LogP contribution in [0, 0.1) is 6.92 Å². The molecule has 0 heterocycles. The first-order valence-electron chi connectivity index (χ1n) is 8.36. The van der Waals surface area contributed by atoms with Crippen molar-refractivity contribution in [2.24, 2.45) is 0 Å². The number of carbonyl (C=O) groups is 1. The number of rotatable bonds is 8. The maximum absolute atomic E-state index is 12.2. The van der Waals surface area contributed by atoms with E-state index < -0.39 is 10.0 Å². The Morgan fingerprint density at radius 3 is 2.24 bits per heavy atom. The molecule has 0 saturated carbocycles. The molecule has 0 spiro atoms. The van der Waals surface area contributed by atoms with Crippen LogP contribution >= 0.6 is 0 Å². The van der Waals surface area contributed by atoms with Crippen molar-refractivity contribution in [3.05, 3.63) is 65.2 Å². The predicted octanol–water partition coefficient (Wildman–Crippen LogP) is 3.00. The highest BCUT2D eigenvalue weighted by atomic mass is 32.2. The number of sulfonamides is 1. The molecule has 25 heavy (non-hydrogen) atoms. The third kappa shape index (κ3) is 5.69. The van der Waals surface area contributed by atoms with Gasteiger partial charge >= 0.3 is 0 Å². The molecular weight excluding hydrogens is 336 g/mol. The van der Waals surface area contributed by atoms with Crippen LogP contribution in [-0.2, 0) is 16.6 Å². The monoisotopic (exact) mass is 360 g/mol. The van der Waals surface area contributed by atoms with E-state index in [-0.39, 0.29) is 10.8 Å². The normalized spacial score (nSPS) is 11.3. The van der Waals surface area contributed by atoms with Crippen molar-refractivity contribution in [2.45, 2.75) is 38.1 Å². The van der Waals surface area contributed by atoms with E-state index >= 15 is 0 Å². The molecule has 0 radical (unpaired) electrons. The zero-order valence-electron chi connectivity index (χ0n) is 14.6. The fraction of sp³-hybridized carbons (Fsp3) is 0.316. The average Bonchev–Trinajstić information content (AvgIpc) is 2.61. The van der Waals surface area contributed by atoms with Gasteiger partial charge in [0, 0.05) is 18.7 Å². The van der Waals surface area contributed by atoms with Gasteiger partial charge in [-0.05, 0) is 43.2 Å². The lowest BCUT2D eigenvalue weighted by Gasteiger charge is -2.08. The molecule has 5 nitrogen and oxygen atoms in total. The molecular formula is C19H24N2O3S. The molecule has 2 N–H and O–H groups in total. The summed E-state index contributed by atoms with van der Waals surface area (Å²) >= 11 is 0. The van der Waals surface area contributed by atoms with Crippen LogP contribution in [0.2, 0.25) is 0 Å². The Balaban J connectivity index is 1.96. The van der Waals surface area contributed by atoms with Gasteiger partial charge in [-0.1, -0.05) is 43.2 Å². The highest BCUT2D eigenvalue weighted by molar-refractivity contribution is 7.89. The highest BCUT2D eigenvalue weighted by Crippen LogP contribution is 2.11. The van der Waals surface area contributed by atoms with Crippen LogP contribution < -0.4 is 10.0 Å². The van der Waals surface area contributed by atoms with E-state index in [0.717, 1.165) is 18.4 Å². The number of nitrogens with one attached hydrogen (secondary N) is 2. The summed E-state index contributed by atoms with van der Waals surface area (Å²) in [7, 11) is -3.52. The largest absolute Gasteiger partial charge is 0.348 e. The smallest absolute Gasteiger partial charge is 0.251 e. The van der Waals surface area contributed by atoms with Crippen molar-refractivity contribution >= 4 is 15.9 Å². The Morgan fingerprint density at radius 1 is 1.00 bits per heavy atom. The summed E-state index contributed by atoms with van der Waals surface area (Å²) in [5.41, 5.74) is 2.61. The van der Waals surface area contributed by atoms with Gasteiger partial charge in [0.05, 0.1) is 4.90 Å². The molecule has 0 unspecified atom stereocenters. The number of hydrogen-bond donors (Lipinski definition) is 2. The van der Waals surface area contributed by atoms with E-state index in [4.69, 9.17) is 0 Å². The average molecular weight is 360 g/mol. The quantitative estimate of drug-likeness (QED) is 0.711. The molecule has 2 rings (SSSR count). The lowest BCUT2D eigenvalue weighted by atomic mass is 10.1. The molecule has 0 aromatic heterocycles. The number of carbonyl (C=O) groups excluding carboxylic acids is 1. The van der Waals surface area contributed by atoms with Crippen molar-refractivity contribution in [3.63, 3.8) is 0 Å². The first-order chi connectivity index (χ1) is 11.9. The summed E-state index contributed by atoms with van der Waals surface area (Å²) in [6, 6.07) is 13.9. The second-order valence-corrected chi connectivity index (χ2v) is 7.71. The van der Waals surface area contributed by atoms with Gasteiger partial charge < -0.3 is 5.32 Å². The Hall–Kier alpha value is -2.18. The molecule has 2 aromatic carbocycles. The van der Waals surface area contributed by atoms with Crippen LogP contribution in [0.5, 0.6) is 0 Å². The summed E-state index contributed by atoms with van der Waals surface area (Å²) in [5.74, 6) is -0.233. The van der Waals surface area contributed by atoms with E-state index in [9.17, 15) is 13.2 Å². The van der Waals surface area contributed by atoms with Crippen LogP contribution in [0.1, 0.15) is 41.3 Å². The number of unbranched alkanes of at least 4 members (excludes halogenated alkanes) is 1. The van der Waals surface area contributed by atoms with Gasteiger partial charge in [-0.2, -0.15) is 0 Å². The first-order valence-corrected chi connectivity index (χ1v) is 9.84. The third-order valence-electron chi connectivity index (χ3n) is 3.82. The second kappa shape index (κ2) is 8.78. The number of amides is 1. The lowest BCUT2D eigenvalue weighted by molar-refractivity contribution is 0.0951. The maximum Gasteiger partial charge on any atom is 0.251 e. The molecule has 0 fully saturated rings. The van der Waals surface area contributed by atoms with Crippen molar-refractivity contribution < 1.29 is 13.2 Å². The third-order valence-corrected chi connectivity index (χ3v) is 5.30. The van der Waals surface area contributed by atoms with Crippen LogP contribution in [-0.4, -0.2) is 20.9 Å². The lowest BCUT2D eigenvalue weighted by Crippen LogP contribution is -2.25. The molecule has 0 aliphatic carbocycles. The molecule has 0 saturated heterocycles. The van der Waals surface area contributed by atoms with E-state index in [2.05, 4.69) is 10.0 Å². The standard InChI is InChI=1S/C19H24N2O3S/c1-3-4-13-21-25(23,24)18-11-9-17(10-12-18)19(22)20-14-16-7-5-15(2)6-8-16/h5-12,21H,3-4,13-14H2,1-2H3,(H,20,22). The van der Waals surface area contributed by atoms with Crippen LogP contribution in [0.3, 0.4) is 0 Å². The fourth-order valence-corrected chi connectivity index (χ4v) is 3.32. The minimum absolute atomic E-state index is 0.165. The van der Waals surface area contributed by atoms with E-state index in [1.54, 1.807) is 0 Å². The molecule has 0 aliphatic rings. The molecule has 1 amide bonds. The van der Waals surface area contributed by atoms with Gasteiger partial charge in [-0.15, -0.1) is 0 Å². The van der Waals surface area contributed by atoms with Gasteiger partial charge in [-0.3, -0.25) is 4.79 Å². The Kier molecular flexibility index (Phi) is 6.73. The van der Waals surface area contributed by atoms with Crippen molar-refractivity contribution in [1.29, 1.82) is 0 Å². The Bertz CT molecular complexity index is 798. The number of hydrogen-bond acceptors (Lipinski definition) is 3. The SMILES string of the molecule is CCCCNS(=O)(=O)c1ccc(C(=O)NCc2ccc(C)cc2)cc1. The predicted molar refractivity (Wildman–Crippen MR) is 98.9 cm³/mol. The second-order valence-electron chi connectivity index (χ2n) is 5.94. The Morgan fingerprint density at radius 2 is 1.64 bits per heavy atom. The summed E-state index contributed by atoms with van der Waals surface area (Å²) < 4.78 is 26.8. The fourth-order valence-electron chi connectivity index (χ4n) is 2.24. The van der Waals surface area contributed by atoms with Gasteiger partial charge in [0.1, 0.15) is 0 Å². The molecule has 0 atom stereocenters. The number of benzene rings is 2. The van der Waals surface area contributed by atoms with E-state index in [1.807, 2.05) is 38.1 Å². The maximum atomic E-state index is 12.2. The number of aryl methyl sites for hydroxylation is 1. The van der Waals surface area contributed by atoms with Gasteiger partial charge in [0.25, 0.3) is 5.91 Å². The van der Waals surface area contributed by atoms with Crippen LogP contribution in [0.15, 0.2) is 53.4 Å². The van der Waals surface area contributed by atoms with Crippen molar-refractivity contribution in [3.8, 4) is 0 Å². The molecule has 0 bridgehead atoms. The van der Waals surface area contributed by atoms with E-state index in [0.29, 0.717) is 18.7 Å². The summed E-state index contributed by atoms with van der Waals surface area (Å²) in [4.78, 5) is 12.3. The van der Waals surface area contributed by atoms with E-state index in [1.165, 1.54) is 29.8 Å². The van der Waals surface area contributed by atoms with Gasteiger partial charge in [0.15, 0.2) is 0 Å². The van der Waals surface area contributed by atoms with Crippen LogP contribution in [0.25, 0.3) is 0 Å². The van der Waals surface area contributed by atoms with Crippen LogP contribution in [0.4, 0.5) is 0 Å².